The molecule has 10 heteroatoms. The zero-order valence-corrected chi connectivity index (χ0v) is 24.7. The third-order valence-corrected chi connectivity index (χ3v) is 6.45. The van der Waals surface area contributed by atoms with E-state index in [1.54, 1.807) is 24.3 Å². The summed E-state index contributed by atoms with van der Waals surface area (Å²) in [4.78, 5) is 53.3. The van der Waals surface area contributed by atoms with Crippen molar-refractivity contribution in [2.45, 2.75) is 27.7 Å². The number of carboxylic acid groups (broad SMARTS) is 2. The lowest BCUT2D eigenvalue weighted by molar-refractivity contribution is -0.112. The average molecular weight is 593 g/mol. The minimum atomic E-state index is -1.19. The number of nitrogens with zero attached hydrogens (tertiary/aromatic N) is 2. The lowest BCUT2D eigenvalue weighted by atomic mass is 10.1. The number of carbonyl (C=O) groups is 4. The fourth-order valence-corrected chi connectivity index (χ4v) is 3.78. The summed E-state index contributed by atoms with van der Waals surface area (Å²) in [5, 5.41) is 23.1. The molecular weight excluding hydrogens is 560 g/mol. The van der Waals surface area contributed by atoms with Crippen LogP contribution in [-0.4, -0.2) is 43.9 Å². The lowest BCUT2D eigenvalue weighted by Crippen LogP contribution is -2.13. The van der Waals surface area contributed by atoms with Gasteiger partial charge in [0.1, 0.15) is 0 Å². The summed E-state index contributed by atoms with van der Waals surface area (Å²) in [6.07, 6.45) is 8.82. The Labute approximate surface area is 254 Å². The number of nitrogens with one attached hydrogen (secondary N) is 2. The summed E-state index contributed by atoms with van der Waals surface area (Å²) >= 11 is 0. The van der Waals surface area contributed by atoms with Crippen molar-refractivity contribution in [3.63, 3.8) is 0 Å². The van der Waals surface area contributed by atoms with E-state index in [9.17, 15) is 19.2 Å². The highest BCUT2D eigenvalue weighted by Gasteiger charge is 2.13. The average Bonchev–Trinajstić information content (AvgIpc) is 2.99. The number of carboxylic acids is 2. The summed E-state index contributed by atoms with van der Waals surface area (Å²) in [6.45, 7) is 8.04. The van der Waals surface area contributed by atoms with Gasteiger partial charge in [0.05, 0.1) is 11.4 Å². The minimum absolute atomic E-state index is 0.171. The molecule has 0 spiro atoms. The maximum Gasteiger partial charge on any atom is 0.356 e. The zero-order valence-electron chi connectivity index (χ0n) is 24.7. The third-order valence-electron chi connectivity index (χ3n) is 6.45. The van der Waals surface area contributed by atoms with Gasteiger partial charge in [-0.05, 0) is 97.5 Å². The van der Waals surface area contributed by atoms with Crippen LogP contribution in [0.15, 0.2) is 85.2 Å². The number of aryl methyl sites for hydroxylation is 4. The van der Waals surface area contributed by atoms with Gasteiger partial charge in [-0.15, -0.1) is 0 Å². The molecule has 2 heterocycles. The minimum Gasteiger partial charge on any atom is -0.476 e. The summed E-state index contributed by atoms with van der Waals surface area (Å²) in [6, 6.07) is 17.9. The molecule has 0 aliphatic rings. The van der Waals surface area contributed by atoms with Crippen molar-refractivity contribution >= 4 is 47.3 Å². The van der Waals surface area contributed by atoms with Crippen molar-refractivity contribution in [3.05, 3.63) is 130 Å². The predicted octanol–water partition coefficient (Wildman–Crippen LogP) is 6.10. The molecule has 0 saturated heterocycles. The van der Waals surface area contributed by atoms with Gasteiger partial charge in [-0.1, -0.05) is 36.4 Å². The second kappa shape index (κ2) is 15.4. The van der Waals surface area contributed by atoms with E-state index < -0.39 is 23.8 Å². The quantitative estimate of drug-likeness (QED) is 0.179. The zero-order chi connectivity index (χ0) is 32.2. The van der Waals surface area contributed by atoms with Crippen LogP contribution in [0.3, 0.4) is 0 Å². The molecule has 4 N–H and O–H groups in total. The molecule has 0 aliphatic heterocycles. The number of rotatable bonds is 8. The van der Waals surface area contributed by atoms with Crippen molar-refractivity contribution < 1.29 is 29.4 Å². The highest BCUT2D eigenvalue weighted by atomic mass is 16.4. The molecule has 4 rings (SSSR count). The largest absolute Gasteiger partial charge is 0.476 e. The molecule has 4 aromatic rings. The molecule has 0 saturated carbocycles. The van der Waals surface area contributed by atoms with Crippen LogP contribution in [0, 0.1) is 27.7 Å². The molecule has 224 valence electrons. The number of aromatic carboxylic acids is 2. The van der Waals surface area contributed by atoms with Gasteiger partial charge in [0.15, 0.2) is 11.4 Å². The van der Waals surface area contributed by atoms with Crippen LogP contribution in [0.25, 0.3) is 12.2 Å². The van der Waals surface area contributed by atoms with Crippen LogP contribution in [0.4, 0.5) is 11.4 Å². The molecule has 0 unspecified atom stereocenters. The monoisotopic (exact) mass is 592 g/mol. The molecule has 0 atom stereocenters. The summed E-state index contributed by atoms with van der Waals surface area (Å²) < 4.78 is 0. The molecule has 10 nitrogen and oxygen atoms in total. The molecule has 2 amide bonds. The van der Waals surface area contributed by atoms with E-state index >= 15 is 0 Å². The number of hydrogen-bond donors (Lipinski definition) is 4. The van der Waals surface area contributed by atoms with Gasteiger partial charge >= 0.3 is 11.9 Å². The predicted molar refractivity (Wildman–Crippen MR) is 170 cm³/mol. The fraction of sp³-hybridized carbons (Fsp3) is 0.118. The molecule has 2 aromatic carbocycles. The lowest BCUT2D eigenvalue weighted by Gasteiger charge is -2.05. The molecule has 2 aromatic heterocycles. The maximum absolute atomic E-state index is 11.9. The van der Waals surface area contributed by atoms with Crippen molar-refractivity contribution in [1.29, 1.82) is 0 Å². The van der Waals surface area contributed by atoms with Gasteiger partial charge < -0.3 is 20.8 Å². The Morgan fingerprint density at radius 3 is 1.32 bits per heavy atom. The van der Waals surface area contributed by atoms with Crippen molar-refractivity contribution in [3.8, 4) is 0 Å². The Bertz CT molecular complexity index is 1630. The van der Waals surface area contributed by atoms with E-state index in [0.29, 0.717) is 0 Å². The van der Waals surface area contributed by atoms with E-state index in [1.807, 2.05) is 64.1 Å². The first-order valence-corrected chi connectivity index (χ1v) is 13.4. The van der Waals surface area contributed by atoms with Gasteiger partial charge in [0.2, 0.25) is 11.8 Å². The fourth-order valence-electron chi connectivity index (χ4n) is 3.78. The van der Waals surface area contributed by atoms with E-state index in [0.717, 1.165) is 22.3 Å². The number of carbonyl (C=O) groups excluding carboxylic acids is 2. The van der Waals surface area contributed by atoms with Crippen molar-refractivity contribution in [2.24, 2.45) is 0 Å². The highest BCUT2D eigenvalue weighted by molar-refractivity contribution is 6.06. The number of benzene rings is 2. The van der Waals surface area contributed by atoms with Crippen LogP contribution < -0.4 is 10.6 Å². The second-order valence-corrected chi connectivity index (χ2v) is 9.74. The first-order valence-electron chi connectivity index (χ1n) is 13.4. The number of hydrogen-bond acceptors (Lipinski definition) is 6. The maximum atomic E-state index is 11.9. The Morgan fingerprint density at radius 2 is 0.977 bits per heavy atom. The normalized spacial score (nSPS) is 10.6. The summed E-state index contributed by atoms with van der Waals surface area (Å²) in [7, 11) is 0. The standard InChI is InChI=1S/2C17H16N2O3/c2*1-11-5-6-13(10-12(11)2)7-8-15(20)19-14-4-3-9-18-16(14)17(21)22/h2*3-10H,1-2H3,(H,19,20)(H,21,22)/b2*8-7+. The van der Waals surface area contributed by atoms with Crippen LogP contribution >= 0.6 is 0 Å². The SMILES string of the molecule is Cc1ccc(/C=C/C(=O)Nc2cccnc2C(=O)O)cc1C.Cc1ccc(/C=C/C(=O)Nc2cccnc2C(=O)O)cc1C. The van der Waals surface area contributed by atoms with Crippen LogP contribution in [0.2, 0.25) is 0 Å². The van der Waals surface area contributed by atoms with Crippen LogP contribution in [-0.2, 0) is 9.59 Å². The topological polar surface area (TPSA) is 159 Å². The van der Waals surface area contributed by atoms with Gasteiger partial charge in [0.25, 0.3) is 0 Å². The molecule has 0 radical (unpaired) electrons. The second-order valence-electron chi connectivity index (χ2n) is 9.74. The summed E-state index contributed by atoms with van der Waals surface area (Å²) in [5.41, 5.74) is 6.43. The molecule has 0 bridgehead atoms. The van der Waals surface area contributed by atoms with Crippen LogP contribution in [0.1, 0.15) is 54.4 Å². The molecule has 0 fully saturated rings. The Kier molecular flexibility index (Phi) is 11.4. The van der Waals surface area contributed by atoms with Crippen molar-refractivity contribution in [2.75, 3.05) is 10.6 Å². The Balaban J connectivity index is 0.000000240. The van der Waals surface area contributed by atoms with E-state index in [4.69, 9.17) is 10.2 Å². The van der Waals surface area contributed by atoms with Crippen molar-refractivity contribution in [1.82, 2.24) is 9.97 Å². The Hall–Kier alpha value is -5.90. The number of anilines is 2. The first kappa shape index (κ1) is 32.6. The molecule has 44 heavy (non-hydrogen) atoms. The number of pyridine rings is 2. The van der Waals surface area contributed by atoms with Gasteiger partial charge in [-0.3, -0.25) is 9.59 Å². The van der Waals surface area contributed by atoms with E-state index in [1.165, 1.54) is 47.8 Å². The number of amides is 2. The highest BCUT2D eigenvalue weighted by Crippen LogP contribution is 2.15. The number of aromatic nitrogens is 2. The van der Waals surface area contributed by atoms with Crippen LogP contribution in [0.5, 0.6) is 0 Å². The first-order chi connectivity index (χ1) is 20.9. The van der Waals surface area contributed by atoms with Gasteiger partial charge in [-0.2, -0.15) is 0 Å². The Morgan fingerprint density at radius 1 is 0.591 bits per heavy atom. The smallest absolute Gasteiger partial charge is 0.356 e. The van der Waals surface area contributed by atoms with Gasteiger partial charge in [0, 0.05) is 24.5 Å². The van der Waals surface area contributed by atoms with E-state index in [-0.39, 0.29) is 22.8 Å². The molecular formula is C34H32N4O6. The van der Waals surface area contributed by atoms with E-state index in [2.05, 4.69) is 20.6 Å². The molecule has 0 aliphatic carbocycles. The third kappa shape index (κ3) is 9.59. The van der Waals surface area contributed by atoms with Gasteiger partial charge in [-0.25, -0.2) is 19.6 Å². The summed E-state index contributed by atoms with van der Waals surface area (Å²) in [5.74, 6) is -3.19.